The van der Waals surface area contributed by atoms with Crippen LogP contribution in [0, 0.1) is 5.41 Å². The van der Waals surface area contributed by atoms with Crippen LogP contribution in [0.25, 0.3) is 10.8 Å². The second-order valence-electron chi connectivity index (χ2n) is 11.7. The largest absolute Gasteiger partial charge is 0.511 e. The van der Waals surface area contributed by atoms with Crippen LogP contribution < -0.4 is 0 Å². The average molecular weight is 533 g/mol. The molecule has 3 aromatic carbocycles. The molecule has 4 aromatic rings. The quantitative estimate of drug-likeness (QED) is 0.210. The summed E-state index contributed by atoms with van der Waals surface area (Å²) in [6, 6.07) is 23.9. The molecule has 0 aliphatic heterocycles. The first-order chi connectivity index (χ1) is 19.3. The molecule has 1 fully saturated rings. The predicted molar refractivity (Wildman–Crippen MR) is 155 cm³/mol. The summed E-state index contributed by atoms with van der Waals surface area (Å²) < 4.78 is 5.62. The van der Waals surface area contributed by atoms with Gasteiger partial charge in [0, 0.05) is 37.5 Å². The molecule has 0 saturated heterocycles. The topological polar surface area (TPSA) is 92.8 Å². The van der Waals surface area contributed by atoms with Crippen molar-refractivity contribution < 1.29 is 19.2 Å². The van der Waals surface area contributed by atoms with Crippen molar-refractivity contribution in [2.75, 3.05) is 0 Å². The zero-order valence-corrected chi connectivity index (χ0v) is 22.8. The Morgan fingerprint density at radius 1 is 0.950 bits per heavy atom. The highest BCUT2D eigenvalue weighted by Gasteiger charge is 2.37. The Hall–Kier alpha value is -4.32. The van der Waals surface area contributed by atoms with Gasteiger partial charge in [-0.05, 0) is 34.8 Å². The fourth-order valence-corrected chi connectivity index (χ4v) is 6.10. The van der Waals surface area contributed by atoms with E-state index in [-0.39, 0.29) is 35.1 Å². The number of carbonyl (C=O) groups is 2. The van der Waals surface area contributed by atoms with Gasteiger partial charge >= 0.3 is 0 Å². The number of aryl methyl sites for hydroxylation is 1. The van der Waals surface area contributed by atoms with E-state index in [2.05, 4.69) is 5.16 Å². The summed E-state index contributed by atoms with van der Waals surface area (Å²) in [5.41, 5.74) is 3.57. The number of benzene rings is 3. The number of aliphatic hydroxyl groups is 1. The summed E-state index contributed by atoms with van der Waals surface area (Å²) in [6.07, 6.45) is 2.38. The molecule has 0 spiro atoms. The van der Waals surface area contributed by atoms with Crippen LogP contribution in [0.15, 0.2) is 93.6 Å². The minimum atomic E-state index is -0.267. The summed E-state index contributed by atoms with van der Waals surface area (Å²) in [5.74, 6) is 0.542. The second-order valence-corrected chi connectivity index (χ2v) is 11.7. The molecule has 1 unspecified atom stereocenters. The van der Waals surface area contributed by atoms with Crippen LogP contribution in [0.4, 0.5) is 5.69 Å². The zero-order chi connectivity index (χ0) is 27.9. The van der Waals surface area contributed by atoms with Crippen LogP contribution in [0.5, 0.6) is 0 Å². The maximum atomic E-state index is 13.3. The Kier molecular flexibility index (Phi) is 6.70. The van der Waals surface area contributed by atoms with Gasteiger partial charge in [-0.1, -0.05) is 85.7 Å². The van der Waals surface area contributed by atoms with E-state index in [4.69, 9.17) is 9.52 Å². The average Bonchev–Trinajstić information content (AvgIpc) is 3.35. The summed E-state index contributed by atoms with van der Waals surface area (Å²) in [7, 11) is 0. The molecule has 1 saturated carbocycles. The molecule has 1 N–H and O–H groups in total. The van der Waals surface area contributed by atoms with Gasteiger partial charge < -0.3 is 9.63 Å². The monoisotopic (exact) mass is 532 g/mol. The number of fused-ring (bicyclic) bond motifs is 2. The highest BCUT2D eigenvalue weighted by Crippen LogP contribution is 2.39. The number of aliphatic hydroxyl groups excluding tert-OH is 1. The van der Waals surface area contributed by atoms with Gasteiger partial charge in [0.15, 0.2) is 11.6 Å². The Morgan fingerprint density at radius 2 is 1.70 bits per heavy atom. The number of rotatable bonds is 5. The number of carbonyl (C=O) groups excluding carboxylic acids is 2. The fraction of sp³-hybridized carbons (Fsp3) is 0.294. The van der Waals surface area contributed by atoms with E-state index in [1.165, 1.54) is 0 Å². The Bertz CT molecular complexity index is 1670. The van der Waals surface area contributed by atoms with Gasteiger partial charge in [-0.3, -0.25) is 14.6 Å². The highest BCUT2D eigenvalue weighted by molar-refractivity contribution is 6.25. The standard InChI is InChI=1S/C34H32N2O4/c1-34(2)19-27(35-25-14-8-12-22-11-6-7-13-24(22)25)32(30(39)20-34)28(37)16-15-26-33-29(38)17-23(18-31(33)40-36-26)21-9-4-3-5-10-21/h3-14,23,37H,15-20H2,1-2H3. The second kappa shape index (κ2) is 10.3. The van der Waals surface area contributed by atoms with E-state index in [1.807, 2.05) is 86.6 Å². The van der Waals surface area contributed by atoms with Crippen molar-refractivity contribution >= 4 is 33.7 Å². The van der Waals surface area contributed by atoms with Crippen molar-refractivity contribution in [2.24, 2.45) is 10.4 Å². The molecule has 1 atom stereocenters. The van der Waals surface area contributed by atoms with E-state index in [0.717, 1.165) is 22.0 Å². The Labute approximate surface area is 233 Å². The molecular formula is C34H32N2O4. The number of hydrogen-bond donors (Lipinski definition) is 1. The molecular weight excluding hydrogens is 500 g/mol. The van der Waals surface area contributed by atoms with Gasteiger partial charge in [0.1, 0.15) is 11.5 Å². The van der Waals surface area contributed by atoms with Crippen molar-refractivity contribution in [2.45, 2.75) is 58.3 Å². The van der Waals surface area contributed by atoms with E-state index in [9.17, 15) is 14.7 Å². The van der Waals surface area contributed by atoms with Crippen molar-refractivity contribution in [3.8, 4) is 0 Å². The predicted octanol–water partition coefficient (Wildman–Crippen LogP) is 7.65. The van der Waals surface area contributed by atoms with E-state index >= 15 is 0 Å². The number of Topliss-reactive ketones (excluding diaryl/α,β-unsaturated/α-hetero) is 2. The molecule has 6 heteroatoms. The first-order valence-corrected chi connectivity index (χ1v) is 13.9. The molecule has 2 aliphatic carbocycles. The lowest BCUT2D eigenvalue weighted by molar-refractivity contribution is -0.117. The molecule has 2 aliphatic rings. The van der Waals surface area contributed by atoms with Crippen LogP contribution in [-0.4, -0.2) is 27.5 Å². The normalized spacial score (nSPS) is 21.1. The number of aliphatic imine (C=N–C) groups is 1. The number of nitrogens with zero attached hydrogens (tertiary/aromatic N) is 2. The molecule has 0 bridgehead atoms. The van der Waals surface area contributed by atoms with Crippen LogP contribution >= 0.6 is 0 Å². The van der Waals surface area contributed by atoms with Crippen molar-refractivity contribution in [1.82, 2.24) is 5.16 Å². The zero-order valence-electron chi connectivity index (χ0n) is 22.8. The molecule has 202 valence electrons. The molecule has 0 amide bonds. The minimum absolute atomic E-state index is 0.00666. The van der Waals surface area contributed by atoms with Crippen LogP contribution in [0.3, 0.4) is 0 Å². The molecule has 1 heterocycles. The smallest absolute Gasteiger partial charge is 0.168 e. The molecule has 6 nitrogen and oxygen atoms in total. The van der Waals surface area contributed by atoms with E-state index in [1.54, 1.807) is 0 Å². The lowest BCUT2D eigenvalue weighted by Gasteiger charge is -2.31. The number of aromatic nitrogens is 1. The first-order valence-electron chi connectivity index (χ1n) is 13.9. The Balaban J connectivity index is 1.29. The first kappa shape index (κ1) is 25.9. The summed E-state index contributed by atoms with van der Waals surface area (Å²) in [4.78, 5) is 31.4. The van der Waals surface area contributed by atoms with Gasteiger partial charge in [-0.15, -0.1) is 0 Å². The number of allylic oxidation sites excluding steroid dienone is 2. The summed E-state index contributed by atoms with van der Waals surface area (Å²) >= 11 is 0. The van der Waals surface area contributed by atoms with Gasteiger partial charge in [0.25, 0.3) is 0 Å². The maximum Gasteiger partial charge on any atom is 0.168 e. The van der Waals surface area contributed by atoms with E-state index in [0.29, 0.717) is 60.4 Å². The SMILES string of the molecule is CC1(C)CC(=O)C(=C(O)CCc2noc3c2C(=O)CC(c2ccccc2)C3)C(=Nc2cccc3ccccc23)C1. The lowest BCUT2D eigenvalue weighted by atomic mass is 9.73. The van der Waals surface area contributed by atoms with Gasteiger partial charge in [0.2, 0.25) is 0 Å². The van der Waals surface area contributed by atoms with Crippen LogP contribution in [-0.2, 0) is 17.6 Å². The van der Waals surface area contributed by atoms with Crippen LogP contribution in [0.2, 0.25) is 0 Å². The fourth-order valence-electron chi connectivity index (χ4n) is 6.10. The molecule has 6 rings (SSSR count). The van der Waals surface area contributed by atoms with Gasteiger partial charge in [0.05, 0.1) is 28.2 Å². The molecule has 0 radical (unpaired) electrons. The third kappa shape index (κ3) is 5.02. The lowest BCUT2D eigenvalue weighted by Crippen LogP contribution is -2.32. The highest BCUT2D eigenvalue weighted by atomic mass is 16.5. The van der Waals surface area contributed by atoms with Gasteiger partial charge in [-0.2, -0.15) is 0 Å². The third-order valence-corrected chi connectivity index (χ3v) is 8.01. The van der Waals surface area contributed by atoms with Crippen LogP contribution in [0.1, 0.15) is 72.8 Å². The number of ketones is 2. The molecule has 1 aromatic heterocycles. The third-order valence-electron chi connectivity index (χ3n) is 8.01. The molecule has 40 heavy (non-hydrogen) atoms. The van der Waals surface area contributed by atoms with Crippen molar-refractivity contribution in [1.29, 1.82) is 0 Å². The van der Waals surface area contributed by atoms with Crippen molar-refractivity contribution in [3.63, 3.8) is 0 Å². The number of hydrogen-bond acceptors (Lipinski definition) is 6. The summed E-state index contributed by atoms with van der Waals surface area (Å²) in [5, 5.41) is 17.5. The van der Waals surface area contributed by atoms with E-state index < -0.39 is 0 Å². The van der Waals surface area contributed by atoms with Gasteiger partial charge in [-0.25, -0.2) is 0 Å². The Morgan fingerprint density at radius 3 is 2.52 bits per heavy atom. The minimum Gasteiger partial charge on any atom is -0.511 e. The maximum absolute atomic E-state index is 13.3. The summed E-state index contributed by atoms with van der Waals surface area (Å²) in [6.45, 7) is 4.10. The van der Waals surface area contributed by atoms with Crippen molar-refractivity contribution in [3.05, 3.63) is 107 Å².